The van der Waals surface area contributed by atoms with Crippen LogP contribution in [0.5, 0.6) is 0 Å². The van der Waals surface area contributed by atoms with Crippen molar-refractivity contribution in [2.75, 3.05) is 13.1 Å². The van der Waals surface area contributed by atoms with Crippen molar-refractivity contribution >= 4 is 11.8 Å². The van der Waals surface area contributed by atoms with Crippen LogP contribution in [0.4, 0.5) is 4.39 Å². The number of hydrogen-bond acceptors (Lipinski definition) is 3. The third-order valence-corrected chi connectivity index (χ3v) is 7.36. The average Bonchev–Trinajstić information content (AvgIpc) is 3.54. The second kappa shape index (κ2) is 8.10. The maximum atomic E-state index is 13.6. The number of rotatable bonds is 4. The molecule has 2 amide bonds. The second-order valence-corrected chi connectivity index (χ2v) is 9.54. The molecule has 0 bridgehead atoms. The Bertz CT molecular complexity index is 1120. The fourth-order valence-corrected chi connectivity index (χ4v) is 5.17. The summed E-state index contributed by atoms with van der Waals surface area (Å²) in [7, 11) is 0. The smallest absolute Gasteiger partial charge is 0.267 e. The molecule has 0 spiro atoms. The van der Waals surface area contributed by atoms with Crippen LogP contribution in [-0.4, -0.2) is 39.8 Å². The molecular weight excluding hydrogens is 417 g/mol. The maximum Gasteiger partial charge on any atom is 0.267 e. The van der Waals surface area contributed by atoms with Gasteiger partial charge < -0.3 is 0 Å². The topological polar surface area (TPSA) is 43.9 Å². The Morgan fingerprint density at radius 2 is 1.48 bits per heavy atom. The molecule has 3 aliphatic rings. The maximum absolute atomic E-state index is 13.6. The molecule has 5 nitrogen and oxygen atoms in total. The molecule has 0 radical (unpaired) electrons. The van der Waals surface area contributed by atoms with Gasteiger partial charge in [0.15, 0.2) is 5.66 Å². The minimum atomic E-state index is -0.952. The Balaban J connectivity index is 1.63. The van der Waals surface area contributed by atoms with Crippen LogP contribution in [0.25, 0.3) is 11.1 Å². The fraction of sp³-hybridized carbons (Fsp3) is 0.407. The van der Waals surface area contributed by atoms with Crippen LogP contribution >= 0.6 is 0 Å². The summed E-state index contributed by atoms with van der Waals surface area (Å²) in [6.45, 7) is 7.30. The minimum Gasteiger partial charge on any atom is -0.287 e. The van der Waals surface area contributed by atoms with E-state index in [0.29, 0.717) is 5.57 Å². The van der Waals surface area contributed by atoms with E-state index < -0.39 is 5.66 Å². The van der Waals surface area contributed by atoms with E-state index in [1.165, 1.54) is 12.1 Å². The van der Waals surface area contributed by atoms with Crippen molar-refractivity contribution in [3.05, 3.63) is 71.2 Å². The third-order valence-electron chi connectivity index (χ3n) is 7.36. The summed E-state index contributed by atoms with van der Waals surface area (Å²) in [5, 5.41) is 3.94. The molecule has 5 rings (SSSR count). The summed E-state index contributed by atoms with van der Waals surface area (Å²) in [6, 6.07) is 14.4. The highest BCUT2D eigenvalue weighted by Crippen LogP contribution is 2.46. The number of allylic oxidation sites excluding steroid dienone is 1. The lowest BCUT2D eigenvalue weighted by atomic mass is 9.91. The number of carbonyl (C=O) groups is 2. The van der Waals surface area contributed by atoms with Crippen molar-refractivity contribution in [2.45, 2.75) is 52.1 Å². The number of halogens is 1. The zero-order chi connectivity index (χ0) is 23.3. The Morgan fingerprint density at radius 3 is 2.03 bits per heavy atom. The number of nitrogens with zero attached hydrogens (tertiary/aromatic N) is 3. The van der Waals surface area contributed by atoms with Gasteiger partial charge in [0.05, 0.1) is 0 Å². The van der Waals surface area contributed by atoms with E-state index in [9.17, 15) is 14.0 Å². The molecule has 2 aromatic carbocycles. The second-order valence-electron chi connectivity index (χ2n) is 9.54. The molecule has 1 saturated carbocycles. The van der Waals surface area contributed by atoms with Crippen molar-refractivity contribution in [3.8, 4) is 11.1 Å². The largest absolute Gasteiger partial charge is 0.287 e. The van der Waals surface area contributed by atoms with Crippen LogP contribution in [0.3, 0.4) is 0 Å². The molecule has 1 unspecified atom stereocenters. The molecule has 33 heavy (non-hydrogen) atoms. The van der Waals surface area contributed by atoms with E-state index in [0.717, 1.165) is 61.2 Å². The van der Waals surface area contributed by atoms with Crippen LogP contribution in [0.15, 0.2) is 59.8 Å². The minimum absolute atomic E-state index is 0.0270. The van der Waals surface area contributed by atoms with Crippen LogP contribution in [0.1, 0.15) is 52.0 Å². The van der Waals surface area contributed by atoms with Gasteiger partial charge in [0.1, 0.15) is 5.82 Å². The van der Waals surface area contributed by atoms with Crippen molar-refractivity contribution in [2.24, 2.45) is 5.92 Å². The first kappa shape index (κ1) is 21.8. The highest BCUT2D eigenvalue weighted by atomic mass is 19.1. The van der Waals surface area contributed by atoms with Gasteiger partial charge in [-0.2, -0.15) is 0 Å². The monoisotopic (exact) mass is 447 g/mol. The van der Waals surface area contributed by atoms with Gasteiger partial charge in [-0.05, 0) is 75.3 Å². The molecule has 2 aliphatic heterocycles. The van der Waals surface area contributed by atoms with E-state index in [-0.39, 0.29) is 23.5 Å². The van der Waals surface area contributed by atoms with Gasteiger partial charge in [0.2, 0.25) is 5.91 Å². The van der Waals surface area contributed by atoms with Crippen LogP contribution in [-0.2, 0) is 15.3 Å². The van der Waals surface area contributed by atoms with Gasteiger partial charge in [-0.25, -0.2) is 14.4 Å². The SMILES string of the molecule is CC1=C(C)N(C(=O)C2CC2)C(C)(c2ccc(-c3ccc(F)cc3)cc2)N(N2CCCC2)C1=O. The van der Waals surface area contributed by atoms with Crippen LogP contribution in [0.2, 0.25) is 0 Å². The normalized spacial score (nSPS) is 24.1. The lowest BCUT2D eigenvalue weighted by Gasteiger charge is -2.55. The Labute approximate surface area is 194 Å². The number of hydrazine groups is 1. The molecule has 2 fully saturated rings. The molecule has 0 aromatic heterocycles. The lowest BCUT2D eigenvalue weighted by Crippen LogP contribution is -2.67. The molecule has 0 N–H and O–H groups in total. The van der Waals surface area contributed by atoms with Crippen molar-refractivity contribution in [1.82, 2.24) is 14.9 Å². The summed E-state index contributed by atoms with van der Waals surface area (Å²) in [5.41, 5.74) is 3.16. The van der Waals surface area contributed by atoms with Gasteiger partial charge in [-0.3, -0.25) is 14.5 Å². The zero-order valence-corrected chi connectivity index (χ0v) is 19.5. The zero-order valence-electron chi connectivity index (χ0n) is 19.5. The number of benzene rings is 2. The summed E-state index contributed by atoms with van der Waals surface area (Å²) in [5.74, 6) is -0.191. The average molecular weight is 448 g/mol. The number of amides is 2. The molecule has 1 saturated heterocycles. The van der Waals surface area contributed by atoms with Gasteiger partial charge >= 0.3 is 0 Å². The van der Waals surface area contributed by atoms with Gasteiger partial charge in [-0.15, -0.1) is 0 Å². The molecule has 6 heteroatoms. The van der Waals surface area contributed by atoms with E-state index >= 15 is 0 Å². The highest BCUT2D eigenvalue weighted by molar-refractivity contribution is 5.97. The standard InChI is InChI=1S/C27H30FN3O2/c1-18-19(2)30(26(33)22-6-7-22)27(3,31(25(18)32)29-16-4-5-17-29)23-12-8-20(9-13-23)21-10-14-24(28)15-11-21/h8-15,22H,4-7,16-17H2,1-3H3. The Morgan fingerprint density at radius 1 is 0.939 bits per heavy atom. The van der Waals surface area contributed by atoms with Crippen molar-refractivity contribution in [3.63, 3.8) is 0 Å². The predicted octanol–water partition coefficient (Wildman–Crippen LogP) is 5.05. The molecule has 1 atom stereocenters. The number of hydrogen-bond donors (Lipinski definition) is 0. The van der Waals surface area contributed by atoms with Gasteiger partial charge in [0, 0.05) is 30.3 Å². The van der Waals surface area contributed by atoms with Crippen LogP contribution < -0.4 is 0 Å². The third kappa shape index (κ3) is 3.57. The van der Waals surface area contributed by atoms with Gasteiger partial charge in [-0.1, -0.05) is 36.4 Å². The quantitative estimate of drug-likeness (QED) is 0.659. The Hall–Kier alpha value is -2.99. The van der Waals surface area contributed by atoms with Gasteiger partial charge in [0.25, 0.3) is 5.91 Å². The molecule has 172 valence electrons. The lowest BCUT2D eigenvalue weighted by molar-refractivity contribution is -0.190. The van der Waals surface area contributed by atoms with E-state index in [1.54, 1.807) is 12.1 Å². The fourth-order valence-electron chi connectivity index (χ4n) is 5.17. The van der Waals surface area contributed by atoms with E-state index in [4.69, 9.17) is 0 Å². The molecule has 2 heterocycles. The van der Waals surface area contributed by atoms with Crippen molar-refractivity contribution < 1.29 is 14.0 Å². The first-order valence-electron chi connectivity index (χ1n) is 11.8. The summed E-state index contributed by atoms with van der Waals surface area (Å²) < 4.78 is 13.4. The highest BCUT2D eigenvalue weighted by Gasteiger charge is 2.54. The summed E-state index contributed by atoms with van der Waals surface area (Å²) in [6.07, 6.45) is 3.86. The summed E-state index contributed by atoms with van der Waals surface area (Å²) in [4.78, 5) is 29.1. The molecular formula is C27H30FN3O2. The first-order valence-corrected chi connectivity index (χ1v) is 11.8. The van der Waals surface area contributed by atoms with E-state index in [1.807, 2.05) is 54.9 Å². The molecule has 2 aromatic rings. The predicted molar refractivity (Wildman–Crippen MR) is 125 cm³/mol. The first-order chi connectivity index (χ1) is 15.8. The Kier molecular flexibility index (Phi) is 5.36. The van der Waals surface area contributed by atoms with Crippen molar-refractivity contribution in [1.29, 1.82) is 0 Å². The van der Waals surface area contributed by atoms with E-state index in [2.05, 4.69) is 5.01 Å². The van der Waals surface area contributed by atoms with Crippen LogP contribution in [0, 0.1) is 11.7 Å². The molecule has 1 aliphatic carbocycles. The summed E-state index contributed by atoms with van der Waals surface area (Å²) >= 11 is 0. The number of carbonyl (C=O) groups excluding carboxylic acids is 2.